The highest BCUT2D eigenvalue weighted by molar-refractivity contribution is 5.82. The highest BCUT2D eigenvalue weighted by Gasteiger charge is 2.02. The second-order valence-electron chi connectivity index (χ2n) is 4.68. The van der Waals surface area contributed by atoms with Gasteiger partial charge in [-0.2, -0.15) is 0 Å². The van der Waals surface area contributed by atoms with Gasteiger partial charge in [0.25, 0.3) is 0 Å². The number of para-hydroxylation sites is 1. The molecule has 0 aliphatic heterocycles. The van der Waals surface area contributed by atoms with Gasteiger partial charge in [-0.1, -0.05) is 18.2 Å². The zero-order chi connectivity index (χ0) is 12.9. The number of aromatic nitrogens is 3. The quantitative estimate of drug-likeness (QED) is 0.592. The van der Waals surface area contributed by atoms with Gasteiger partial charge >= 0.3 is 0 Å². The number of H-pyrrole nitrogens is 2. The third-order valence-corrected chi connectivity index (χ3v) is 3.32. The molecule has 2 aromatic heterocycles. The molecule has 0 saturated carbocycles. The Labute approximate surface area is 112 Å². The molecule has 4 nitrogen and oxygen atoms in total. The average Bonchev–Trinajstić information content (AvgIpc) is 3.08. The lowest BCUT2D eigenvalue weighted by Gasteiger charge is -2.02. The van der Waals surface area contributed by atoms with E-state index in [9.17, 15) is 0 Å². The summed E-state index contributed by atoms with van der Waals surface area (Å²) in [6, 6.07) is 8.45. The molecule has 0 aliphatic carbocycles. The first-order valence-electron chi connectivity index (χ1n) is 6.67. The van der Waals surface area contributed by atoms with Crippen LogP contribution >= 0.6 is 0 Å². The van der Waals surface area contributed by atoms with Gasteiger partial charge in [-0.05, 0) is 31.0 Å². The summed E-state index contributed by atoms with van der Waals surface area (Å²) in [5, 5.41) is 4.74. The Balaban J connectivity index is 1.47. The van der Waals surface area contributed by atoms with Gasteiger partial charge in [0, 0.05) is 29.5 Å². The number of hydrogen-bond donors (Lipinski definition) is 3. The third kappa shape index (κ3) is 2.85. The van der Waals surface area contributed by atoms with E-state index in [-0.39, 0.29) is 0 Å². The zero-order valence-electron chi connectivity index (χ0n) is 10.8. The van der Waals surface area contributed by atoms with E-state index in [1.54, 1.807) is 6.20 Å². The van der Waals surface area contributed by atoms with Crippen LogP contribution in [0.4, 0.5) is 0 Å². The molecule has 0 aliphatic rings. The van der Waals surface area contributed by atoms with E-state index in [4.69, 9.17) is 0 Å². The van der Waals surface area contributed by atoms with Crippen molar-refractivity contribution < 1.29 is 0 Å². The van der Waals surface area contributed by atoms with E-state index < -0.39 is 0 Å². The minimum atomic E-state index is 0.806. The number of aromatic amines is 2. The van der Waals surface area contributed by atoms with Gasteiger partial charge in [-0.15, -0.1) is 0 Å². The molecular formula is C15H18N4. The molecule has 3 aromatic rings. The Morgan fingerprint density at radius 1 is 1.16 bits per heavy atom. The maximum Gasteiger partial charge on any atom is 0.120 e. The highest BCUT2D eigenvalue weighted by Crippen LogP contribution is 2.18. The normalized spacial score (nSPS) is 11.2. The van der Waals surface area contributed by atoms with Crippen molar-refractivity contribution in [1.29, 1.82) is 0 Å². The lowest BCUT2D eigenvalue weighted by Crippen LogP contribution is -2.16. The van der Waals surface area contributed by atoms with Gasteiger partial charge in [0.2, 0.25) is 0 Å². The topological polar surface area (TPSA) is 56.5 Å². The molecule has 4 heteroatoms. The molecule has 0 radical (unpaired) electrons. The van der Waals surface area contributed by atoms with E-state index in [0.717, 1.165) is 31.8 Å². The summed E-state index contributed by atoms with van der Waals surface area (Å²) < 4.78 is 0. The van der Waals surface area contributed by atoms with E-state index in [1.165, 1.54) is 16.5 Å². The van der Waals surface area contributed by atoms with Crippen molar-refractivity contribution in [2.24, 2.45) is 0 Å². The molecule has 19 heavy (non-hydrogen) atoms. The van der Waals surface area contributed by atoms with Gasteiger partial charge in [-0.3, -0.25) is 0 Å². The SMILES string of the molecule is c1ccc2c(CCCNCc3ncc[nH]3)c[nH]c2c1. The molecule has 2 heterocycles. The first-order chi connectivity index (χ1) is 9.43. The number of rotatable bonds is 6. The second-order valence-corrected chi connectivity index (χ2v) is 4.68. The molecule has 0 bridgehead atoms. The standard InChI is InChI=1S/C15H18N4/c1-2-6-14-13(5-1)12(10-19-14)4-3-7-16-11-15-17-8-9-18-15/h1-2,5-6,8-10,16,19H,3-4,7,11H2,(H,17,18). The maximum absolute atomic E-state index is 4.18. The van der Waals surface area contributed by atoms with Crippen molar-refractivity contribution in [3.05, 3.63) is 54.2 Å². The molecule has 0 fully saturated rings. The molecular weight excluding hydrogens is 236 g/mol. The Kier molecular flexibility index (Phi) is 3.61. The van der Waals surface area contributed by atoms with Crippen LogP contribution in [0.3, 0.4) is 0 Å². The number of imidazole rings is 1. The first-order valence-corrected chi connectivity index (χ1v) is 6.67. The lowest BCUT2D eigenvalue weighted by atomic mass is 10.1. The predicted molar refractivity (Wildman–Crippen MR) is 76.9 cm³/mol. The van der Waals surface area contributed by atoms with Crippen LogP contribution in [0.15, 0.2) is 42.9 Å². The summed E-state index contributed by atoms with van der Waals surface area (Å²) in [5.74, 6) is 0.993. The minimum Gasteiger partial charge on any atom is -0.361 e. The molecule has 1 aromatic carbocycles. The minimum absolute atomic E-state index is 0.806. The molecule has 98 valence electrons. The number of nitrogens with zero attached hydrogens (tertiary/aromatic N) is 1. The molecule has 3 rings (SSSR count). The van der Waals surface area contributed by atoms with Crippen LogP contribution in [0.1, 0.15) is 17.8 Å². The highest BCUT2D eigenvalue weighted by atomic mass is 15.0. The van der Waals surface area contributed by atoms with E-state index in [0.29, 0.717) is 0 Å². The first kappa shape index (κ1) is 12.0. The van der Waals surface area contributed by atoms with E-state index in [2.05, 4.69) is 50.7 Å². The molecule has 0 unspecified atom stereocenters. The predicted octanol–water partition coefficient (Wildman–Crippen LogP) is 2.61. The van der Waals surface area contributed by atoms with Crippen molar-refractivity contribution >= 4 is 10.9 Å². The van der Waals surface area contributed by atoms with Gasteiger partial charge < -0.3 is 15.3 Å². The van der Waals surface area contributed by atoms with Crippen LogP contribution in [0.25, 0.3) is 10.9 Å². The van der Waals surface area contributed by atoms with Crippen LogP contribution in [0.5, 0.6) is 0 Å². The van der Waals surface area contributed by atoms with Crippen LogP contribution in [-0.2, 0) is 13.0 Å². The Hall–Kier alpha value is -2.07. The average molecular weight is 254 g/mol. The molecule has 0 saturated heterocycles. The van der Waals surface area contributed by atoms with Gasteiger partial charge in [0.15, 0.2) is 0 Å². The Bertz CT molecular complexity index is 624. The Morgan fingerprint density at radius 3 is 3.00 bits per heavy atom. The van der Waals surface area contributed by atoms with Gasteiger partial charge in [0.05, 0.1) is 6.54 Å². The van der Waals surface area contributed by atoms with Crippen LogP contribution in [0.2, 0.25) is 0 Å². The van der Waals surface area contributed by atoms with Crippen LogP contribution in [0, 0.1) is 0 Å². The fraction of sp³-hybridized carbons (Fsp3) is 0.267. The summed E-state index contributed by atoms with van der Waals surface area (Å²) in [6.45, 7) is 1.81. The van der Waals surface area contributed by atoms with E-state index >= 15 is 0 Å². The molecule has 0 atom stereocenters. The Morgan fingerprint density at radius 2 is 2.11 bits per heavy atom. The summed E-state index contributed by atoms with van der Waals surface area (Å²) in [4.78, 5) is 10.6. The number of benzene rings is 1. The summed E-state index contributed by atoms with van der Waals surface area (Å²) in [7, 11) is 0. The van der Waals surface area contributed by atoms with E-state index in [1.807, 2.05) is 6.20 Å². The molecule has 3 N–H and O–H groups in total. The number of nitrogens with one attached hydrogen (secondary N) is 3. The zero-order valence-corrected chi connectivity index (χ0v) is 10.8. The third-order valence-electron chi connectivity index (χ3n) is 3.32. The van der Waals surface area contributed by atoms with Crippen molar-refractivity contribution in [3.8, 4) is 0 Å². The second kappa shape index (κ2) is 5.71. The summed E-state index contributed by atoms with van der Waals surface area (Å²) in [5.41, 5.74) is 2.62. The van der Waals surface area contributed by atoms with Crippen LogP contribution < -0.4 is 5.32 Å². The summed E-state index contributed by atoms with van der Waals surface area (Å²) in [6.07, 6.45) is 7.97. The number of fused-ring (bicyclic) bond motifs is 1. The van der Waals surface area contributed by atoms with Gasteiger partial charge in [0.1, 0.15) is 5.82 Å². The monoisotopic (exact) mass is 254 g/mol. The molecule has 0 spiro atoms. The number of hydrogen-bond acceptors (Lipinski definition) is 2. The van der Waals surface area contributed by atoms with Crippen molar-refractivity contribution in [3.63, 3.8) is 0 Å². The largest absolute Gasteiger partial charge is 0.361 e. The fourth-order valence-electron chi connectivity index (χ4n) is 2.34. The maximum atomic E-state index is 4.18. The summed E-state index contributed by atoms with van der Waals surface area (Å²) >= 11 is 0. The van der Waals surface area contributed by atoms with Crippen molar-refractivity contribution in [2.75, 3.05) is 6.54 Å². The lowest BCUT2D eigenvalue weighted by molar-refractivity contribution is 0.634. The van der Waals surface area contributed by atoms with Gasteiger partial charge in [-0.25, -0.2) is 4.98 Å². The smallest absolute Gasteiger partial charge is 0.120 e. The van der Waals surface area contributed by atoms with Crippen molar-refractivity contribution in [2.45, 2.75) is 19.4 Å². The molecule has 0 amide bonds. The van der Waals surface area contributed by atoms with Crippen molar-refractivity contribution in [1.82, 2.24) is 20.3 Å². The van der Waals surface area contributed by atoms with Crippen LogP contribution in [-0.4, -0.2) is 21.5 Å². The fourth-order valence-corrected chi connectivity index (χ4v) is 2.34. The number of aryl methyl sites for hydroxylation is 1.